The largest absolute Gasteiger partial charge is 0.480 e. The van der Waals surface area contributed by atoms with E-state index in [-0.39, 0.29) is 12.8 Å². The van der Waals surface area contributed by atoms with Crippen LogP contribution in [0.15, 0.2) is 12.5 Å². The maximum atomic E-state index is 12.7. The molecular weight excluding hydrogens is 410 g/mol. The van der Waals surface area contributed by atoms with Crippen molar-refractivity contribution in [2.45, 2.75) is 56.8 Å². The van der Waals surface area contributed by atoms with Crippen LogP contribution >= 0.6 is 0 Å². The zero-order valence-electron chi connectivity index (χ0n) is 17.3. The average Bonchev–Trinajstić information content (AvgIpc) is 3.23. The van der Waals surface area contributed by atoms with Crippen molar-refractivity contribution >= 4 is 23.7 Å². The van der Waals surface area contributed by atoms with Gasteiger partial charge in [-0.3, -0.25) is 14.4 Å². The summed E-state index contributed by atoms with van der Waals surface area (Å²) in [5.74, 6) is -3.31. The van der Waals surface area contributed by atoms with Crippen molar-refractivity contribution < 1.29 is 29.4 Å². The molecule has 4 atom stereocenters. The maximum Gasteiger partial charge on any atom is 0.326 e. The number of aliphatic hydroxyl groups excluding tert-OH is 1. The minimum Gasteiger partial charge on any atom is -0.480 e. The van der Waals surface area contributed by atoms with E-state index in [1.54, 1.807) is 0 Å². The van der Waals surface area contributed by atoms with Crippen molar-refractivity contribution in [2.75, 3.05) is 13.1 Å². The molecule has 13 heteroatoms. The van der Waals surface area contributed by atoms with Crippen molar-refractivity contribution in [2.24, 2.45) is 11.5 Å². The third-order valence-corrected chi connectivity index (χ3v) is 4.44. The molecule has 0 aromatic carbocycles. The molecule has 0 aliphatic heterocycles. The number of unbranched alkanes of at least 4 members (excludes halogenated alkanes) is 1. The summed E-state index contributed by atoms with van der Waals surface area (Å²) in [5.41, 5.74) is 11.5. The van der Waals surface area contributed by atoms with Gasteiger partial charge in [-0.2, -0.15) is 0 Å². The lowest BCUT2D eigenvalue weighted by atomic mass is 10.1. The Hall–Kier alpha value is -3.03. The minimum absolute atomic E-state index is 0.0160. The van der Waals surface area contributed by atoms with E-state index in [1.165, 1.54) is 19.4 Å². The molecule has 0 saturated heterocycles. The zero-order chi connectivity index (χ0) is 23.4. The molecule has 4 unspecified atom stereocenters. The fourth-order valence-electron chi connectivity index (χ4n) is 2.60. The number of aliphatic carboxylic acids is 1. The minimum atomic E-state index is -1.24. The van der Waals surface area contributed by atoms with Crippen molar-refractivity contribution in [3.63, 3.8) is 0 Å². The Morgan fingerprint density at radius 3 is 2.42 bits per heavy atom. The number of hydrogen-bond acceptors (Lipinski definition) is 8. The lowest BCUT2D eigenvalue weighted by Crippen LogP contribution is -2.54. The molecule has 0 fully saturated rings. The third-order valence-electron chi connectivity index (χ3n) is 4.44. The smallest absolute Gasteiger partial charge is 0.326 e. The van der Waals surface area contributed by atoms with Crippen LogP contribution in [0.5, 0.6) is 0 Å². The van der Waals surface area contributed by atoms with E-state index in [2.05, 4.69) is 25.9 Å². The number of nitrogens with zero attached hydrogens (tertiary/aromatic N) is 1. The standard InChI is InChI=1S/C18H31N7O6/c1-10(26)15(20)17(29)22-8-14(27)24-12(4-2-3-5-19)16(28)25-13(18(30)31)6-11-7-21-9-23-11/h7,9-10,12-13,15,26H,2-6,8,19-20H2,1H3,(H,21,23)(H,22,29)(H,24,27)(H,25,28)(H,30,31). The van der Waals surface area contributed by atoms with Crippen LogP contribution in [0.1, 0.15) is 31.9 Å². The van der Waals surface area contributed by atoms with E-state index in [4.69, 9.17) is 11.5 Å². The molecule has 3 amide bonds. The van der Waals surface area contributed by atoms with Crippen molar-refractivity contribution in [1.29, 1.82) is 0 Å². The molecule has 0 spiro atoms. The van der Waals surface area contributed by atoms with Crippen LogP contribution in [-0.4, -0.2) is 81.2 Å². The Balaban J connectivity index is 2.72. The molecule has 1 aromatic heterocycles. The average molecular weight is 441 g/mol. The highest BCUT2D eigenvalue weighted by Crippen LogP contribution is 2.04. The highest BCUT2D eigenvalue weighted by Gasteiger charge is 2.27. The first-order valence-corrected chi connectivity index (χ1v) is 9.86. The zero-order valence-corrected chi connectivity index (χ0v) is 17.3. The van der Waals surface area contributed by atoms with Crippen LogP contribution < -0.4 is 27.4 Å². The van der Waals surface area contributed by atoms with Crippen LogP contribution in [0, 0.1) is 0 Å². The highest BCUT2D eigenvalue weighted by atomic mass is 16.4. The molecule has 1 heterocycles. The predicted molar refractivity (Wildman–Crippen MR) is 109 cm³/mol. The molecule has 13 nitrogen and oxygen atoms in total. The predicted octanol–water partition coefficient (Wildman–Crippen LogP) is -3.04. The highest BCUT2D eigenvalue weighted by molar-refractivity contribution is 5.92. The number of nitrogens with one attached hydrogen (secondary N) is 4. The molecule has 0 radical (unpaired) electrons. The first-order chi connectivity index (χ1) is 14.6. The van der Waals surface area contributed by atoms with Gasteiger partial charge < -0.3 is 42.6 Å². The summed E-state index contributed by atoms with van der Waals surface area (Å²) in [6.07, 6.45) is 3.08. The maximum absolute atomic E-state index is 12.7. The summed E-state index contributed by atoms with van der Waals surface area (Å²) in [4.78, 5) is 54.7. The van der Waals surface area contributed by atoms with Crippen molar-refractivity contribution in [3.8, 4) is 0 Å². The number of aromatic nitrogens is 2. The Morgan fingerprint density at radius 1 is 1.16 bits per heavy atom. The SMILES string of the molecule is CC(O)C(N)C(=O)NCC(=O)NC(CCCCN)C(=O)NC(Cc1cnc[nH]1)C(=O)O. The molecule has 1 aromatic rings. The van der Waals surface area contributed by atoms with Gasteiger partial charge in [0.05, 0.1) is 19.0 Å². The van der Waals surface area contributed by atoms with Crippen LogP contribution in [0.25, 0.3) is 0 Å². The second-order valence-electron chi connectivity index (χ2n) is 7.07. The normalized spacial score (nSPS) is 14.7. The number of aromatic amines is 1. The number of H-pyrrole nitrogens is 1. The molecule has 10 N–H and O–H groups in total. The molecule has 31 heavy (non-hydrogen) atoms. The van der Waals surface area contributed by atoms with Gasteiger partial charge in [0, 0.05) is 18.3 Å². The molecular formula is C18H31N7O6. The van der Waals surface area contributed by atoms with Gasteiger partial charge in [0.15, 0.2) is 0 Å². The number of carbonyl (C=O) groups excluding carboxylic acids is 3. The number of amides is 3. The van der Waals surface area contributed by atoms with Gasteiger partial charge >= 0.3 is 5.97 Å². The first kappa shape index (κ1) is 26.0. The number of carbonyl (C=O) groups is 4. The van der Waals surface area contributed by atoms with Crippen molar-refractivity contribution in [3.05, 3.63) is 18.2 Å². The molecule has 0 saturated carbocycles. The summed E-state index contributed by atoms with van der Waals surface area (Å²) in [6.45, 7) is 1.27. The van der Waals surface area contributed by atoms with Gasteiger partial charge in [-0.25, -0.2) is 9.78 Å². The molecule has 0 aliphatic rings. The number of aliphatic hydroxyl groups is 1. The number of imidazole rings is 1. The van der Waals surface area contributed by atoms with E-state index >= 15 is 0 Å². The van der Waals surface area contributed by atoms with E-state index < -0.39 is 54.5 Å². The van der Waals surface area contributed by atoms with Crippen molar-refractivity contribution in [1.82, 2.24) is 25.9 Å². The second kappa shape index (κ2) is 13.3. The van der Waals surface area contributed by atoms with Gasteiger partial charge in [-0.1, -0.05) is 0 Å². The molecule has 0 aliphatic carbocycles. The topological polar surface area (TPSA) is 226 Å². The summed E-state index contributed by atoms with van der Waals surface area (Å²) < 4.78 is 0. The third kappa shape index (κ3) is 9.55. The van der Waals surface area contributed by atoms with Gasteiger partial charge in [0.25, 0.3) is 0 Å². The Labute approximate surface area is 179 Å². The fourth-order valence-corrected chi connectivity index (χ4v) is 2.60. The van der Waals surface area contributed by atoms with Gasteiger partial charge in [0.2, 0.25) is 17.7 Å². The Morgan fingerprint density at radius 2 is 1.87 bits per heavy atom. The summed E-state index contributed by atoms with van der Waals surface area (Å²) in [7, 11) is 0. The number of carboxylic acids is 1. The fraction of sp³-hybridized carbons (Fsp3) is 0.611. The van der Waals surface area contributed by atoms with Crippen LogP contribution in [0.3, 0.4) is 0 Å². The van der Waals surface area contributed by atoms with Gasteiger partial charge in [-0.05, 0) is 32.7 Å². The summed E-state index contributed by atoms with van der Waals surface area (Å²) >= 11 is 0. The second-order valence-corrected chi connectivity index (χ2v) is 7.07. The van der Waals surface area contributed by atoms with Gasteiger partial charge in [0.1, 0.15) is 18.1 Å². The van der Waals surface area contributed by atoms with E-state index in [0.29, 0.717) is 25.1 Å². The van der Waals surface area contributed by atoms with Crippen LogP contribution in [-0.2, 0) is 25.6 Å². The monoisotopic (exact) mass is 441 g/mol. The number of hydrogen-bond donors (Lipinski definition) is 8. The summed E-state index contributed by atoms with van der Waals surface area (Å²) in [6, 6.07) is -3.45. The number of nitrogens with two attached hydrogens (primary N) is 2. The van der Waals surface area contributed by atoms with Crippen LogP contribution in [0.4, 0.5) is 0 Å². The Kier molecular flexibility index (Phi) is 11.2. The Bertz CT molecular complexity index is 725. The molecule has 1 rings (SSSR count). The lowest BCUT2D eigenvalue weighted by molar-refractivity contribution is -0.142. The van der Waals surface area contributed by atoms with Crippen LogP contribution in [0.2, 0.25) is 0 Å². The van der Waals surface area contributed by atoms with E-state index in [9.17, 15) is 29.4 Å². The molecule has 0 bridgehead atoms. The number of carboxylic acid groups (broad SMARTS) is 1. The van der Waals surface area contributed by atoms with E-state index in [0.717, 1.165) is 0 Å². The summed E-state index contributed by atoms with van der Waals surface area (Å²) in [5, 5.41) is 25.9. The molecule has 174 valence electrons. The van der Waals surface area contributed by atoms with Gasteiger partial charge in [-0.15, -0.1) is 0 Å². The first-order valence-electron chi connectivity index (χ1n) is 9.86. The number of rotatable bonds is 14. The quantitative estimate of drug-likeness (QED) is 0.137. The van der Waals surface area contributed by atoms with E-state index in [1.807, 2.05) is 0 Å². The lowest BCUT2D eigenvalue weighted by Gasteiger charge is -2.22.